The summed E-state index contributed by atoms with van der Waals surface area (Å²) in [7, 11) is -4.06. The van der Waals surface area contributed by atoms with Gasteiger partial charge < -0.3 is 9.88 Å². The highest BCUT2D eigenvalue weighted by molar-refractivity contribution is 9.10. The number of hydrogen-bond donors (Lipinski definition) is 1. The molecule has 0 fully saturated rings. The van der Waals surface area contributed by atoms with E-state index < -0.39 is 21.3 Å². The molecular formula is C24H25BrN2O4S. The number of rotatable bonds is 5. The number of carbonyl (C=O) groups excluding carboxylic acids is 1. The van der Waals surface area contributed by atoms with Crippen LogP contribution in [0.25, 0.3) is 0 Å². The van der Waals surface area contributed by atoms with E-state index in [-0.39, 0.29) is 16.3 Å². The van der Waals surface area contributed by atoms with Gasteiger partial charge >= 0.3 is 0 Å². The summed E-state index contributed by atoms with van der Waals surface area (Å²) in [6, 6.07) is 11.6. The molecule has 0 saturated heterocycles. The van der Waals surface area contributed by atoms with Crippen molar-refractivity contribution in [1.82, 2.24) is 4.57 Å². The SMILES string of the molecule is Cc1cc(C)c(NC(=O)Cn2c(C)cc(C)c(S(=O)(=O)c3ccc(Br)cc3)c2=O)c(C)c1. The number of aryl methyl sites for hydroxylation is 5. The monoisotopic (exact) mass is 516 g/mol. The Labute approximate surface area is 196 Å². The Balaban J connectivity index is 2.01. The Hall–Kier alpha value is -2.71. The molecule has 1 aromatic heterocycles. The number of benzene rings is 2. The van der Waals surface area contributed by atoms with Crippen molar-refractivity contribution in [2.45, 2.75) is 51.0 Å². The largest absolute Gasteiger partial charge is 0.324 e. The van der Waals surface area contributed by atoms with Gasteiger partial charge in [0.2, 0.25) is 15.7 Å². The smallest absolute Gasteiger partial charge is 0.270 e. The van der Waals surface area contributed by atoms with Crippen molar-refractivity contribution in [2.24, 2.45) is 0 Å². The molecule has 2 aromatic carbocycles. The van der Waals surface area contributed by atoms with E-state index in [1.54, 1.807) is 32.0 Å². The second kappa shape index (κ2) is 9.03. The Morgan fingerprint density at radius 2 is 1.50 bits per heavy atom. The minimum Gasteiger partial charge on any atom is -0.324 e. The van der Waals surface area contributed by atoms with E-state index >= 15 is 0 Å². The Kier molecular flexibility index (Phi) is 6.76. The first-order valence-electron chi connectivity index (χ1n) is 10.0. The fourth-order valence-electron chi connectivity index (χ4n) is 3.86. The number of amides is 1. The number of nitrogens with zero attached hydrogens (tertiary/aromatic N) is 1. The third-order valence-electron chi connectivity index (χ3n) is 5.28. The minimum absolute atomic E-state index is 0.0201. The molecule has 168 valence electrons. The number of hydrogen-bond acceptors (Lipinski definition) is 4. The van der Waals surface area contributed by atoms with E-state index in [9.17, 15) is 18.0 Å². The van der Waals surface area contributed by atoms with Crippen LogP contribution in [-0.2, 0) is 21.2 Å². The zero-order valence-corrected chi connectivity index (χ0v) is 21.0. The lowest BCUT2D eigenvalue weighted by molar-refractivity contribution is -0.116. The summed E-state index contributed by atoms with van der Waals surface area (Å²) in [5.41, 5.74) is 3.77. The third kappa shape index (κ3) is 4.71. The van der Waals surface area contributed by atoms with Crippen LogP contribution in [0, 0.1) is 34.6 Å². The van der Waals surface area contributed by atoms with Crippen molar-refractivity contribution < 1.29 is 13.2 Å². The van der Waals surface area contributed by atoms with Crippen molar-refractivity contribution in [1.29, 1.82) is 0 Å². The molecule has 1 N–H and O–H groups in total. The molecule has 0 saturated carbocycles. The van der Waals surface area contributed by atoms with Gasteiger partial charge in [-0.2, -0.15) is 0 Å². The number of pyridine rings is 1. The van der Waals surface area contributed by atoms with E-state index in [0.29, 0.717) is 16.9 Å². The standard InChI is InChI=1S/C24H25BrN2O4S/c1-14-10-15(2)22(16(3)11-14)26-21(28)13-27-18(5)12-17(4)23(24(27)29)32(30,31)20-8-6-19(25)7-9-20/h6-12H,13H2,1-5H3,(H,26,28). The fraction of sp³-hybridized carbons (Fsp3) is 0.250. The zero-order chi connectivity index (χ0) is 23.8. The second-order valence-electron chi connectivity index (χ2n) is 7.97. The first kappa shape index (κ1) is 23.9. The molecule has 8 heteroatoms. The molecule has 3 aromatic rings. The Bertz CT molecular complexity index is 1350. The van der Waals surface area contributed by atoms with Gasteiger partial charge in [0.15, 0.2) is 0 Å². The van der Waals surface area contributed by atoms with Crippen LogP contribution >= 0.6 is 15.9 Å². The summed E-state index contributed by atoms with van der Waals surface area (Å²) < 4.78 is 28.4. The van der Waals surface area contributed by atoms with Crippen molar-refractivity contribution in [3.8, 4) is 0 Å². The van der Waals surface area contributed by atoms with Gasteiger partial charge in [-0.05, 0) is 81.6 Å². The fourth-order valence-corrected chi connectivity index (χ4v) is 5.68. The molecule has 0 bridgehead atoms. The van der Waals surface area contributed by atoms with Gasteiger partial charge in [0, 0.05) is 15.9 Å². The number of halogens is 1. The molecule has 0 aliphatic heterocycles. The number of nitrogens with one attached hydrogen (secondary N) is 1. The normalized spacial score (nSPS) is 11.4. The summed E-state index contributed by atoms with van der Waals surface area (Å²) in [4.78, 5) is 25.8. The van der Waals surface area contributed by atoms with Gasteiger partial charge in [0.25, 0.3) is 5.56 Å². The maximum atomic E-state index is 13.3. The molecule has 0 aliphatic rings. The second-order valence-corrected chi connectivity index (χ2v) is 10.8. The van der Waals surface area contributed by atoms with Crippen LogP contribution in [0.2, 0.25) is 0 Å². The van der Waals surface area contributed by atoms with Gasteiger partial charge in [0.05, 0.1) is 4.90 Å². The van der Waals surface area contributed by atoms with E-state index in [0.717, 1.165) is 21.2 Å². The van der Waals surface area contributed by atoms with Crippen LogP contribution in [0.5, 0.6) is 0 Å². The maximum absolute atomic E-state index is 13.3. The van der Waals surface area contributed by atoms with Crippen LogP contribution in [0.1, 0.15) is 27.9 Å². The van der Waals surface area contributed by atoms with E-state index in [2.05, 4.69) is 21.2 Å². The van der Waals surface area contributed by atoms with Crippen LogP contribution in [-0.4, -0.2) is 18.9 Å². The van der Waals surface area contributed by atoms with Crippen molar-refractivity contribution in [3.63, 3.8) is 0 Å². The van der Waals surface area contributed by atoms with Gasteiger partial charge in [-0.25, -0.2) is 8.42 Å². The van der Waals surface area contributed by atoms with E-state index in [1.807, 2.05) is 32.9 Å². The average molecular weight is 517 g/mol. The third-order valence-corrected chi connectivity index (χ3v) is 7.74. The number of carbonyl (C=O) groups is 1. The first-order chi connectivity index (χ1) is 14.9. The van der Waals surface area contributed by atoms with Crippen LogP contribution in [0.15, 0.2) is 61.5 Å². The van der Waals surface area contributed by atoms with Crippen LogP contribution < -0.4 is 10.9 Å². The molecule has 1 heterocycles. The Morgan fingerprint density at radius 3 is 2.06 bits per heavy atom. The summed E-state index contributed by atoms with van der Waals surface area (Å²) >= 11 is 3.28. The lowest BCUT2D eigenvalue weighted by Gasteiger charge is -2.16. The lowest BCUT2D eigenvalue weighted by atomic mass is 10.1. The molecule has 0 atom stereocenters. The van der Waals surface area contributed by atoms with Crippen molar-refractivity contribution in [2.75, 3.05) is 5.32 Å². The van der Waals surface area contributed by atoms with E-state index in [1.165, 1.54) is 16.7 Å². The van der Waals surface area contributed by atoms with Crippen molar-refractivity contribution >= 4 is 37.4 Å². The number of sulfone groups is 1. The molecule has 32 heavy (non-hydrogen) atoms. The van der Waals surface area contributed by atoms with Gasteiger partial charge in [-0.1, -0.05) is 33.6 Å². The molecule has 0 unspecified atom stereocenters. The highest BCUT2D eigenvalue weighted by Crippen LogP contribution is 2.24. The molecule has 1 amide bonds. The summed E-state index contributed by atoms with van der Waals surface area (Å²) in [6.45, 7) is 8.77. The number of aromatic nitrogens is 1. The van der Waals surface area contributed by atoms with Crippen molar-refractivity contribution in [3.05, 3.63) is 85.2 Å². The molecule has 3 rings (SSSR count). The minimum atomic E-state index is -4.06. The lowest BCUT2D eigenvalue weighted by Crippen LogP contribution is -2.33. The highest BCUT2D eigenvalue weighted by atomic mass is 79.9. The quantitative estimate of drug-likeness (QED) is 0.535. The maximum Gasteiger partial charge on any atom is 0.270 e. The average Bonchev–Trinajstić information content (AvgIpc) is 2.68. The summed E-state index contributed by atoms with van der Waals surface area (Å²) in [6.07, 6.45) is 0. The molecule has 0 spiro atoms. The highest BCUT2D eigenvalue weighted by Gasteiger charge is 2.26. The number of anilines is 1. The molecular weight excluding hydrogens is 492 g/mol. The Morgan fingerprint density at radius 1 is 0.938 bits per heavy atom. The van der Waals surface area contributed by atoms with Crippen LogP contribution in [0.3, 0.4) is 0 Å². The summed E-state index contributed by atoms with van der Waals surface area (Å²) in [5, 5.41) is 2.87. The van der Waals surface area contributed by atoms with Gasteiger partial charge in [-0.3, -0.25) is 9.59 Å². The van der Waals surface area contributed by atoms with Crippen LogP contribution in [0.4, 0.5) is 5.69 Å². The first-order valence-corrected chi connectivity index (χ1v) is 12.3. The topological polar surface area (TPSA) is 85.2 Å². The predicted octanol–water partition coefficient (Wildman–Crippen LogP) is 4.62. The molecule has 0 aliphatic carbocycles. The van der Waals surface area contributed by atoms with E-state index in [4.69, 9.17) is 0 Å². The summed E-state index contributed by atoms with van der Waals surface area (Å²) in [5.74, 6) is -0.402. The zero-order valence-electron chi connectivity index (χ0n) is 18.6. The molecule has 6 nitrogen and oxygen atoms in total. The van der Waals surface area contributed by atoms with Gasteiger partial charge in [0.1, 0.15) is 11.4 Å². The molecule has 0 radical (unpaired) electrons. The van der Waals surface area contributed by atoms with Gasteiger partial charge in [-0.15, -0.1) is 0 Å². The predicted molar refractivity (Wildman–Crippen MR) is 129 cm³/mol.